The van der Waals surface area contributed by atoms with Crippen molar-refractivity contribution in [2.24, 2.45) is 5.41 Å². The first-order valence-electron chi connectivity index (χ1n) is 7.10. The van der Waals surface area contributed by atoms with Gasteiger partial charge in [-0.3, -0.25) is 4.79 Å². The molecule has 112 valence electrons. The molecule has 1 rings (SSSR count). The first-order valence-corrected chi connectivity index (χ1v) is 7.10. The zero-order valence-corrected chi connectivity index (χ0v) is 13.4. The smallest absolute Gasteiger partial charge is 0.274 e. The molecule has 5 nitrogen and oxygen atoms in total. The minimum atomic E-state index is -0.0954. The number of hydrogen-bond acceptors (Lipinski definition) is 4. The lowest BCUT2D eigenvalue weighted by Crippen LogP contribution is -2.43. The van der Waals surface area contributed by atoms with Gasteiger partial charge in [-0.15, -0.1) is 0 Å². The van der Waals surface area contributed by atoms with Crippen LogP contribution >= 0.6 is 0 Å². The number of hydrogen-bond donors (Lipinski definition) is 1. The molecule has 0 spiro atoms. The van der Waals surface area contributed by atoms with Crippen molar-refractivity contribution in [2.75, 3.05) is 18.9 Å². The molecule has 1 aromatic heterocycles. The lowest BCUT2D eigenvalue weighted by molar-refractivity contribution is 0.0623. The number of carbonyl (C=O) groups is 1. The fourth-order valence-electron chi connectivity index (χ4n) is 1.72. The van der Waals surface area contributed by atoms with E-state index in [1.807, 2.05) is 14.0 Å². The van der Waals surface area contributed by atoms with Gasteiger partial charge in [0.2, 0.25) is 0 Å². The zero-order valence-electron chi connectivity index (χ0n) is 13.4. The average Bonchev–Trinajstić information content (AvgIpc) is 2.42. The van der Waals surface area contributed by atoms with Gasteiger partial charge in [0.25, 0.3) is 5.91 Å². The number of anilines is 1. The first kappa shape index (κ1) is 16.4. The third kappa shape index (κ3) is 4.18. The van der Waals surface area contributed by atoms with Crippen LogP contribution in [0.15, 0.2) is 12.4 Å². The molecule has 1 N–H and O–H groups in total. The quantitative estimate of drug-likeness (QED) is 0.899. The van der Waals surface area contributed by atoms with E-state index < -0.39 is 0 Å². The van der Waals surface area contributed by atoms with Gasteiger partial charge in [0.05, 0.1) is 12.4 Å². The highest BCUT2D eigenvalue weighted by Crippen LogP contribution is 2.23. The molecule has 0 fully saturated rings. The molecule has 5 heteroatoms. The third-order valence-corrected chi connectivity index (χ3v) is 3.58. The normalized spacial score (nSPS) is 12.9. The second-order valence-electron chi connectivity index (χ2n) is 6.17. The Bertz CT molecular complexity index is 436. The average molecular weight is 278 g/mol. The number of amides is 1. The van der Waals surface area contributed by atoms with Gasteiger partial charge in [-0.2, -0.15) is 0 Å². The van der Waals surface area contributed by atoms with E-state index in [0.29, 0.717) is 11.5 Å². The van der Waals surface area contributed by atoms with Gasteiger partial charge in [-0.05, 0) is 18.8 Å². The van der Waals surface area contributed by atoms with E-state index in [1.54, 1.807) is 11.1 Å². The van der Waals surface area contributed by atoms with E-state index >= 15 is 0 Å². The molecule has 0 aliphatic carbocycles. The Balaban J connectivity index is 2.77. The van der Waals surface area contributed by atoms with Gasteiger partial charge in [0.1, 0.15) is 11.5 Å². The molecular weight excluding hydrogens is 252 g/mol. The summed E-state index contributed by atoms with van der Waals surface area (Å²) >= 11 is 0. The Morgan fingerprint density at radius 2 is 2.00 bits per heavy atom. The van der Waals surface area contributed by atoms with Crippen LogP contribution in [0, 0.1) is 5.41 Å². The van der Waals surface area contributed by atoms with Crippen molar-refractivity contribution in [3.05, 3.63) is 18.1 Å². The summed E-state index contributed by atoms with van der Waals surface area (Å²) in [5, 5.41) is 3.14. The van der Waals surface area contributed by atoms with Crippen LogP contribution in [0.2, 0.25) is 0 Å². The molecule has 1 atom stereocenters. The van der Waals surface area contributed by atoms with Crippen molar-refractivity contribution >= 4 is 11.7 Å². The summed E-state index contributed by atoms with van der Waals surface area (Å²) in [5.41, 5.74) is 0.408. The summed E-state index contributed by atoms with van der Waals surface area (Å²) in [6.45, 7) is 11.3. The molecule has 0 saturated heterocycles. The summed E-state index contributed by atoms with van der Waals surface area (Å²) in [6.07, 6.45) is 4.17. The highest BCUT2D eigenvalue weighted by molar-refractivity contribution is 5.92. The minimum Gasteiger partial charge on any atom is -0.369 e. The van der Waals surface area contributed by atoms with Crippen LogP contribution < -0.4 is 5.32 Å². The van der Waals surface area contributed by atoms with E-state index in [9.17, 15) is 4.79 Å². The third-order valence-electron chi connectivity index (χ3n) is 3.58. The molecule has 1 aromatic rings. The minimum absolute atomic E-state index is 0.0282. The number of carbonyl (C=O) groups excluding carboxylic acids is 1. The maximum atomic E-state index is 12.4. The predicted molar refractivity (Wildman–Crippen MR) is 81.8 cm³/mol. The van der Waals surface area contributed by atoms with Gasteiger partial charge in [-0.25, -0.2) is 9.97 Å². The van der Waals surface area contributed by atoms with E-state index in [1.165, 1.54) is 6.20 Å². The van der Waals surface area contributed by atoms with E-state index in [-0.39, 0.29) is 17.4 Å². The van der Waals surface area contributed by atoms with Crippen molar-refractivity contribution in [1.29, 1.82) is 0 Å². The predicted octanol–water partition coefficient (Wildman–Crippen LogP) is 2.81. The summed E-state index contributed by atoms with van der Waals surface area (Å²) in [4.78, 5) is 22.5. The van der Waals surface area contributed by atoms with Crippen LogP contribution in [0.3, 0.4) is 0 Å². The van der Waals surface area contributed by atoms with Gasteiger partial charge >= 0.3 is 0 Å². The van der Waals surface area contributed by atoms with Gasteiger partial charge in [0.15, 0.2) is 0 Å². The Morgan fingerprint density at radius 3 is 2.45 bits per heavy atom. The number of nitrogens with zero attached hydrogens (tertiary/aromatic N) is 3. The van der Waals surface area contributed by atoms with Crippen molar-refractivity contribution in [3.63, 3.8) is 0 Å². The number of rotatable bonds is 5. The maximum absolute atomic E-state index is 12.4. The standard InChI is InChI=1S/C15H26N4O/c1-7-8-16-13-10-17-12(9-18-13)14(20)19(6)11(2)15(3,4)5/h9-11H,7-8H2,1-6H3,(H,16,18). The van der Waals surface area contributed by atoms with Crippen molar-refractivity contribution in [3.8, 4) is 0 Å². The monoisotopic (exact) mass is 278 g/mol. The van der Waals surface area contributed by atoms with Crippen LogP contribution in [0.25, 0.3) is 0 Å². The SMILES string of the molecule is CCCNc1cnc(C(=O)N(C)C(C)C(C)(C)C)cn1. The van der Waals surface area contributed by atoms with E-state index in [0.717, 1.165) is 13.0 Å². The molecule has 0 aromatic carbocycles. The van der Waals surface area contributed by atoms with Crippen molar-refractivity contribution < 1.29 is 4.79 Å². The van der Waals surface area contributed by atoms with Gasteiger partial charge in [0, 0.05) is 19.6 Å². The highest BCUT2D eigenvalue weighted by atomic mass is 16.2. The molecule has 0 saturated carbocycles. The van der Waals surface area contributed by atoms with E-state index in [2.05, 4.69) is 43.0 Å². The Morgan fingerprint density at radius 1 is 1.35 bits per heavy atom. The molecule has 1 heterocycles. The lowest BCUT2D eigenvalue weighted by atomic mass is 9.87. The highest BCUT2D eigenvalue weighted by Gasteiger charge is 2.28. The van der Waals surface area contributed by atoms with Crippen LogP contribution in [-0.2, 0) is 0 Å². The molecule has 0 radical (unpaired) electrons. The van der Waals surface area contributed by atoms with E-state index in [4.69, 9.17) is 0 Å². The summed E-state index contributed by atoms with van der Waals surface area (Å²) in [6, 6.07) is 0.120. The summed E-state index contributed by atoms with van der Waals surface area (Å²) < 4.78 is 0. The largest absolute Gasteiger partial charge is 0.369 e. The van der Waals surface area contributed by atoms with Crippen LogP contribution in [0.1, 0.15) is 51.5 Å². The Labute approximate surface area is 121 Å². The molecule has 0 aliphatic rings. The topological polar surface area (TPSA) is 58.1 Å². The Hall–Kier alpha value is -1.65. The summed E-state index contributed by atoms with van der Waals surface area (Å²) in [7, 11) is 1.81. The molecule has 1 unspecified atom stereocenters. The summed E-state index contributed by atoms with van der Waals surface area (Å²) in [5.74, 6) is 0.608. The van der Waals surface area contributed by atoms with Crippen LogP contribution in [-0.4, -0.2) is 40.4 Å². The molecule has 1 amide bonds. The fraction of sp³-hybridized carbons (Fsp3) is 0.667. The van der Waals surface area contributed by atoms with Gasteiger partial charge in [-0.1, -0.05) is 27.7 Å². The molecule has 0 bridgehead atoms. The van der Waals surface area contributed by atoms with Crippen molar-refractivity contribution in [2.45, 2.75) is 47.1 Å². The molecule has 20 heavy (non-hydrogen) atoms. The number of nitrogens with one attached hydrogen (secondary N) is 1. The van der Waals surface area contributed by atoms with Gasteiger partial charge < -0.3 is 10.2 Å². The lowest BCUT2D eigenvalue weighted by Gasteiger charge is -2.35. The van der Waals surface area contributed by atoms with Crippen LogP contribution in [0.5, 0.6) is 0 Å². The van der Waals surface area contributed by atoms with Crippen molar-refractivity contribution in [1.82, 2.24) is 14.9 Å². The zero-order chi connectivity index (χ0) is 15.3. The van der Waals surface area contributed by atoms with Crippen LogP contribution in [0.4, 0.5) is 5.82 Å². The Kier molecular flexibility index (Phi) is 5.48. The second-order valence-corrected chi connectivity index (χ2v) is 6.17. The second kappa shape index (κ2) is 6.68. The number of aromatic nitrogens is 2. The molecule has 0 aliphatic heterocycles. The fourth-order valence-corrected chi connectivity index (χ4v) is 1.72. The maximum Gasteiger partial charge on any atom is 0.274 e. The first-order chi connectivity index (χ1) is 9.27. The molecular formula is C15H26N4O.